The van der Waals surface area contributed by atoms with Gasteiger partial charge in [0.25, 0.3) is 0 Å². The number of halogens is 1. The van der Waals surface area contributed by atoms with Crippen LogP contribution in [0.5, 0.6) is 0 Å². The summed E-state index contributed by atoms with van der Waals surface area (Å²) < 4.78 is 20.3. The molecule has 0 unspecified atom stereocenters. The molecule has 0 bridgehead atoms. The van der Waals surface area contributed by atoms with Crippen LogP contribution in [0.25, 0.3) is 11.2 Å². The Bertz CT molecular complexity index is 563. The van der Waals surface area contributed by atoms with Gasteiger partial charge in [-0.05, 0) is 0 Å². The molecule has 3 heterocycles. The van der Waals surface area contributed by atoms with Gasteiger partial charge in [0.1, 0.15) is 24.1 Å². The Labute approximate surface area is 101 Å². The Balaban J connectivity index is 2.00. The molecular formula is C10H11FN4O3. The van der Waals surface area contributed by atoms with Crippen LogP contribution in [0.1, 0.15) is 6.23 Å². The van der Waals surface area contributed by atoms with Crippen LogP contribution < -0.4 is 0 Å². The van der Waals surface area contributed by atoms with E-state index in [0.29, 0.717) is 11.2 Å². The van der Waals surface area contributed by atoms with Gasteiger partial charge in [-0.3, -0.25) is 4.57 Å². The Morgan fingerprint density at radius 2 is 2.28 bits per heavy atom. The van der Waals surface area contributed by atoms with Gasteiger partial charge in [0, 0.05) is 0 Å². The molecule has 0 amide bonds. The number of aliphatic hydroxyl groups excluding tert-OH is 2. The third-order valence-corrected chi connectivity index (χ3v) is 2.98. The van der Waals surface area contributed by atoms with Crippen LogP contribution in [-0.2, 0) is 4.74 Å². The number of ether oxygens (including phenoxy) is 1. The molecule has 1 aliphatic rings. The fourth-order valence-corrected chi connectivity index (χ4v) is 2.06. The summed E-state index contributed by atoms with van der Waals surface area (Å²) in [5.74, 6) is 0. The summed E-state index contributed by atoms with van der Waals surface area (Å²) in [5, 5.41) is 18.7. The first kappa shape index (κ1) is 11.5. The largest absolute Gasteiger partial charge is 0.394 e. The standard InChI is InChI=1S/C10H11FN4O3/c11-7-6(2-16)18-10(8(7)17)15-4-14-5-1-12-3-13-9(5)15/h1,3-4,6-8,10,16-17H,2H2/t6-,7-,8-,10-/m1/s1. The van der Waals surface area contributed by atoms with Crippen LogP contribution in [0.15, 0.2) is 18.9 Å². The maximum absolute atomic E-state index is 13.6. The zero-order valence-corrected chi connectivity index (χ0v) is 9.22. The minimum Gasteiger partial charge on any atom is -0.394 e. The van der Waals surface area contributed by atoms with Gasteiger partial charge >= 0.3 is 0 Å². The van der Waals surface area contributed by atoms with Crippen molar-refractivity contribution in [2.45, 2.75) is 24.6 Å². The molecule has 96 valence electrons. The molecule has 2 aromatic rings. The second-order valence-electron chi connectivity index (χ2n) is 4.07. The Hall–Kier alpha value is -1.64. The Morgan fingerprint density at radius 3 is 3.00 bits per heavy atom. The van der Waals surface area contributed by atoms with Gasteiger partial charge in [-0.25, -0.2) is 19.3 Å². The summed E-state index contributed by atoms with van der Waals surface area (Å²) in [6.45, 7) is -0.490. The third-order valence-electron chi connectivity index (χ3n) is 2.98. The SMILES string of the molecule is OC[C@H]1O[C@@H](n2cnc3cncnc32)[C@H](O)[C@@H]1F. The minimum atomic E-state index is -1.64. The van der Waals surface area contributed by atoms with Crippen molar-refractivity contribution in [1.29, 1.82) is 0 Å². The van der Waals surface area contributed by atoms with Gasteiger partial charge in [0.05, 0.1) is 19.1 Å². The normalized spacial score (nSPS) is 32.2. The molecule has 1 fully saturated rings. The molecular weight excluding hydrogens is 243 g/mol. The highest BCUT2D eigenvalue weighted by Crippen LogP contribution is 2.32. The van der Waals surface area contributed by atoms with E-state index in [0.717, 1.165) is 0 Å². The molecule has 7 nitrogen and oxygen atoms in total. The van der Waals surface area contributed by atoms with Gasteiger partial charge < -0.3 is 14.9 Å². The van der Waals surface area contributed by atoms with E-state index in [1.807, 2.05) is 0 Å². The van der Waals surface area contributed by atoms with Crippen molar-refractivity contribution in [2.24, 2.45) is 0 Å². The number of alkyl halides is 1. The smallest absolute Gasteiger partial charge is 0.166 e. The lowest BCUT2D eigenvalue weighted by atomic mass is 10.1. The minimum absolute atomic E-state index is 0.444. The number of imidazole rings is 1. The monoisotopic (exact) mass is 254 g/mol. The van der Waals surface area contributed by atoms with Crippen molar-refractivity contribution in [3.8, 4) is 0 Å². The zero-order valence-electron chi connectivity index (χ0n) is 9.22. The number of nitrogens with zero attached hydrogens (tertiary/aromatic N) is 4. The van der Waals surface area contributed by atoms with Gasteiger partial charge in [0.15, 0.2) is 18.0 Å². The maximum atomic E-state index is 13.6. The molecule has 4 atom stereocenters. The molecule has 0 aromatic carbocycles. The Kier molecular flexibility index (Phi) is 2.69. The van der Waals surface area contributed by atoms with Crippen molar-refractivity contribution < 1.29 is 19.3 Å². The molecule has 2 aromatic heterocycles. The average Bonchev–Trinajstić information content (AvgIpc) is 2.93. The van der Waals surface area contributed by atoms with Crippen molar-refractivity contribution in [1.82, 2.24) is 19.5 Å². The molecule has 18 heavy (non-hydrogen) atoms. The van der Waals surface area contributed by atoms with Gasteiger partial charge in [-0.15, -0.1) is 0 Å². The van der Waals surface area contributed by atoms with E-state index >= 15 is 0 Å². The van der Waals surface area contributed by atoms with Crippen LogP contribution in [0, 0.1) is 0 Å². The molecule has 1 aliphatic heterocycles. The van der Waals surface area contributed by atoms with E-state index in [9.17, 15) is 9.50 Å². The molecule has 1 saturated heterocycles. The first-order chi connectivity index (χ1) is 8.72. The summed E-state index contributed by atoms with van der Waals surface area (Å²) in [6, 6.07) is 0. The predicted octanol–water partition coefficient (Wildman–Crippen LogP) is -0.585. The van der Waals surface area contributed by atoms with Gasteiger partial charge in [0.2, 0.25) is 0 Å². The second kappa shape index (κ2) is 4.23. The molecule has 0 saturated carbocycles. The van der Waals surface area contributed by atoms with Gasteiger partial charge in [-0.2, -0.15) is 0 Å². The number of hydrogen-bond donors (Lipinski definition) is 2. The fraction of sp³-hybridized carbons (Fsp3) is 0.500. The maximum Gasteiger partial charge on any atom is 0.166 e. The molecule has 0 aliphatic carbocycles. The Morgan fingerprint density at radius 1 is 1.44 bits per heavy atom. The van der Waals surface area contributed by atoms with Crippen LogP contribution in [0.2, 0.25) is 0 Å². The predicted molar refractivity (Wildman–Crippen MR) is 57.2 cm³/mol. The van der Waals surface area contributed by atoms with E-state index in [1.54, 1.807) is 0 Å². The topological polar surface area (TPSA) is 93.3 Å². The highest BCUT2D eigenvalue weighted by Gasteiger charge is 2.45. The molecule has 2 N–H and O–H groups in total. The van der Waals surface area contributed by atoms with Crippen molar-refractivity contribution >= 4 is 11.2 Å². The first-order valence-corrected chi connectivity index (χ1v) is 5.43. The summed E-state index contributed by atoms with van der Waals surface area (Å²) in [6.07, 6.45) is -0.746. The quantitative estimate of drug-likeness (QED) is 0.744. The lowest BCUT2D eigenvalue weighted by Gasteiger charge is -2.15. The van der Waals surface area contributed by atoms with E-state index in [4.69, 9.17) is 9.84 Å². The van der Waals surface area contributed by atoms with E-state index in [2.05, 4.69) is 15.0 Å². The number of aromatic nitrogens is 4. The van der Waals surface area contributed by atoms with Crippen molar-refractivity contribution in [2.75, 3.05) is 6.61 Å². The molecule has 0 spiro atoms. The lowest BCUT2D eigenvalue weighted by molar-refractivity contribution is -0.0495. The van der Waals surface area contributed by atoms with E-state index < -0.39 is 31.2 Å². The van der Waals surface area contributed by atoms with Gasteiger partial charge in [-0.1, -0.05) is 0 Å². The number of fused-ring (bicyclic) bond motifs is 1. The fourth-order valence-electron chi connectivity index (χ4n) is 2.06. The highest BCUT2D eigenvalue weighted by atomic mass is 19.1. The first-order valence-electron chi connectivity index (χ1n) is 5.43. The summed E-state index contributed by atoms with van der Waals surface area (Å²) in [7, 11) is 0. The summed E-state index contributed by atoms with van der Waals surface area (Å²) in [4.78, 5) is 11.9. The van der Waals surface area contributed by atoms with Crippen LogP contribution in [0.3, 0.4) is 0 Å². The van der Waals surface area contributed by atoms with Crippen molar-refractivity contribution in [3.05, 3.63) is 18.9 Å². The van der Waals surface area contributed by atoms with Crippen LogP contribution in [-0.4, -0.2) is 54.7 Å². The molecule has 0 radical (unpaired) electrons. The highest BCUT2D eigenvalue weighted by molar-refractivity contribution is 5.68. The van der Waals surface area contributed by atoms with Crippen LogP contribution in [0.4, 0.5) is 4.39 Å². The third kappa shape index (κ3) is 1.57. The van der Waals surface area contributed by atoms with Crippen LogP contribution >= 0.6 is 0 Å². The number of rotatable bonds is 2. The summed E-state index contributed by atoms with van der Waals surface area (Å²) >= 11 is 0. The lowest BCUT2D eigenvalue weighted by Crippen LogP contribution is -2.29. The summed E-state index contributed by atoms with van der Waals surface area (Å²) in [5.41, 5.74) is 0.969. The second-order valence-corrected chi connectivity index (χ2v) is 4.07. The number of aliphatic hydroxyl groups is 2. The average molecular weight is 254 g/mol. The van der Waals surface area contributed by atoms with Crippen molar-refractivity contribution in [3.63, 3.8) is 0 Å². The number of hydrogen-bond acceptors (Lipinski definition) is 6. The molecule has 8 heteroatoms. The molecule has 3 rings (SSSR count). The van der Waals surface area contributed by atoms with E-state index in [-0.39, 0.29) is 0 Å². The zero-order chi connectivity index (χ0) is 12.7. The van der Waals surface area contributed by atoms with E-state index in [1.165, 1.54) is 23.4 Å².